The minimum atomic E-state index is -0.853. The highest BCUT2D eigenvalue weighted by Gasteiger charge is 2.45. The van der Waals surface area contributed by atoms with Crippen LogP contribution in [0.25, 0.3) is 22.2 Å². The molecule has 1 fully saturated rings. The Morgan fingerprint density at radius 2 is 1.75 bits per heavy atom. The van der Waals surface area contributed by atoms with E-state index in [1.54, 1.807) is 7.11 Å². The molecule has 1 aliphatic carbocycles. The molecule has 7 heteroatoms. The Kier molecular flexibility index (Phi) is 9.15. The number of methoxy groups -OCH3 is 1. The first-order valence-corrected chi connectivity index (χ1v) is 17.1. The van der Waals surface area contributed by atoms with Gasteiger partial charge in [0, 0.05) is 35.5 Å². The molecule has 0 radical (unpaired) electrons. The zero-order valence-corrected chi connectivity index (χ0v) is 27.6. The van der Waals surface area contributed by atoms with E-state index in [1.807, 2.05) is 84.9 Å². The Balaban J connectivity index is 1.17. The molecular weight excluding hydrogens is 598 g/mol. The molecule has 4 aromatic carbocycles. The standard InChI is InChI=1S/C41H43N3O4/c1-3-27-18-19-39-32(22-27)36(25-41(48-39)20-11-21-41)42-26-37(45)35(23-28-12-5-4-6-13-28)44-40(46)31-24-34(30-15-8-10-17-38(30)47-2)43-33-16-9-7-14-29(31)33/h4-10,12-19,22,24,35-37,42,45H,3,11,20-21,23,25-26H2,1-2H3,(H,44,46)/t35-,36-,37-/m0/s1. The van der Waals surface area contributed by atoms with E-state index in [-0.39, 0.29) is 17.6 Å². The average Bonchev–Trinajstić information content (AvgIpc) is 3.12. The Morgan fingerprint density at radius 1 is 0.979 bits per heavy atom. The number of amides is 1. The second-order valence-electron chi connectivity index (χ2n) is 13.1. The van der Waals surface area contributed by atoms with Gasteiger partial charge in [-0.1, -0.05) is 79.7 Å². The number of benzene rings is 4. The lowest BCUT2D eigenvalue weighted by Gasteiger charge is -2.48. The van der Waals surface area contributed by atoms with Crippen LogP contribution in [0.4, 0.5) is 0 Å². The van der Waals surface area contributed by atoms with Gasteiger partial charge in [-0.05, 0) is 73.6 Å². The smallest absolute Gasteiger partial charge is 0.252 e. The van der Waals surface area contributed by atoms with E-state index in [0.717, 1.165) is 53.5 Å². The molecule has 0 bridgehead atoms. The van der Waals surface area contributed by atoms with Crippen molar-refractivity contribution in [1.29, 1.82) is 0 Å². The number of fused-ring (bicyclic) bond motifs is 2. The fraction of sp³-hybridized carbons (Fsp3) is 0.317. The Morgan fingerprint density at radius 3 is 2.52 bits per heavy atom. The van der Waals surface area contributed by atoms with Gasteiger partial charge in [-0.3, -0.25) is 4.79 Å². The number of nitrogens with zero attached hydrogens (tertiary/aromatic N) is 1. The summed E-state index contributed by atoms with van der Waals surface area (Å²) < 4.78 is 12.2. The van der Waals surface area contributed by atoms with Crippen LogP contribution in [0.1, 0.15) is 65.7 Å². The van der Waals surface area contributed by atoms with E-state index < -0.39 is 12.1 Å². The van der Waals surface area contributed by atoms with Crippen molar-refractivity contribution in [2.45, 2.75) is 69.2 Å². The summed E-state index contributed by atoms with van der Waals surface area (Å²) in [5, 5.41) is 19.5. The van der Waals surface area contributed by atoms with Crippen LogP contribution < -0.4 is 20.1 Å². The fourth-order valence-electron chi connectivity index (χ4n) is 7.16. The number of carbonyl (C=O) groups excluding carboxylic acids is 1. The zero-order chi connectivity index (χ0) is 33.1. The number of aliphatic hydroxyl groups is 1. The van der Waals surface area contributed by atoms with Crippen molar-refractivity contribution < 1.29 is 19.4 Å². The monoisotopic (exact) mass is 641 g/mol. The van der Waals surface area contributed by atoms with Gasteiger partial charge in [-0.25, -0.2) is 4.98 Å². The van der Waals surface area contributed by atoms with Crippen LogP contribution in [0.15, 0.2) is 103 Å². The minimum absolute atomic E-state index is 0.0517. The fourth-order valence-corrected chi connectivity index (χ4v) is 7.16. The summed E-state index contributed by atoms with van der Waals surface area (Å²) in [6, 6.07) is 33.1. The average molecular weight is 642 g/mol. The molecule has 3 N–H and O–H groups in total. The lowest BCUT2D eigenvalue weighted by molar-refractivity contribution is -0.0382. The van der Waals surface area contributed by atoms with Crippen molar-refractivity contribution >= 4 is 16.8 Å². The summed E-state index contributed by atoms with van der Waals surface area (Å²) >= 11 is 0. The minimum Gasteiger partial charge on any atom is -0.496 e. The Bertz CT molecular complexity index is 1910. The highest BCUT2D eigenvalue weighted by molar-refractivity contribution is 6.07. The summed E-state index contributed by atoms with van der Waals surface area (Å²) in [4.78, 5) is 19.1. The Labute approximate surface area is 282 Å². The molecule has 1 spiro atoms. The highest BCUT2D eigenvalue weighted by Crippen LogP contribution is 2.49. The van der Waals surface area contributed by atoms with Crippen LogP contribution in [0.3, 0.4) is 0 Å². The predicted octanol–water partition coefficient (Wildman–Crippen LogP) is 7.21. The lowest BCUT2D eigenvalue weighted by Crippen LogP contribution is -2.52. The topological polar surface area (TPSA) is 92.7 Å². The van der Waals surface area contributed by atoms with Crippen molar-refractivity contribution in [2.75, 3.05) is 13.7 Å². The summed E-state index contributed by atoms with van der Waals surface area (Å²) in [5.41, 5.74) is 5.97. The number of hydrogen-bond acceptors (Lipinski definition) is 6. The number of rotatable bonds is 11. The summed E-state index contributed by atoms with van der Waals surface area (Å²) in [6.07, 6.45) is 4.70. The third kappa shape index (κ3) is 6.53. The number of aromatic nitrogens is 1. The van der Waals surface area contributed by atoms with Gasteiger partial charge in [0.25, 0.3) is 5.91 Å². The van der Waals surface area contributed by atoms with Crippen LogP contribution in [-0.2, 0) is 12.8 Å². The molecule has 1 aromatic heterocycles. The molecule has 2 heterocycles. The number of hydrogen-bond donors (Lipinski definition) is 3. The maximum atomic E-state index is 14.3. The molecule has 1 saturated carbocycles. The molecule has 2 aliphatic rings. The molecule has 3 atom stereocenters. The highest BCUT2D eigenvalue weighted by atomic mass is 16.5. The number of carbonyl (C=O) groups is 1. The van der Waals surface area contributed by atoms with Crippen molar-refractivity contribution in [3.05, 3.63) is 125 Å². The molecule has 7 rings (SSSR count). The maximum absolute atomic E-state index is 14.3. The molecule has 1 aliphatic heterocycles. The first-order chi connectivity index (χ1) is 23.4. The molecule has 246 valence electrons. The van der Waals surface area contributed by atoms with Gasteiger partial charge in [0.15, 0.2) is 0 Å². The van der Waals surface area contributed by atoms with Crippen molar-refractivity contribution in [2.24, 2.45) is 0 Å². The molecule has 48 heavy (non-hydrogen) atoms. The third-order valence-corrected chi connectivity index (χ3v) is 10.0. The molecule has 7 nitrogen and oxygen atoms in total. The largest absolute Gasteiger partial charge is 0.496 e. The quantitative estimate of drug-likeness (QED) is 0.141. The molecule has 5 aromatic rings. The number of aryl methyl sites for hydroxylation is 1. The predicted molar refractivity (Wildman–Crippen MR) is 190 cm³/mol. The number of pyridine rings is 1. The van der Waals surface area contributed by atoms with Crippen molar-refractivity contribution in [1.82, 2.24) is 15.6 Å². The van der Waals surface area contributed by atoms with E-state index in [4.69, 9.17) is 14.5 Å². The van der Waals surface area contributed by atoms with Crippen molar-refractivity contribution in [3.63, 3.8) is 0 Å². The van der Waals surface area contributed by atoms with Crippen LogP contribution in [0.2, 0.25) is 0 Å². The van der Waals surface area contributed by atoms with E-state index in [0.29, 0.717) is 35.5 Å². The number of nitrogens with one attached hydrogen (secondary N) is 2. The third-order valence-electron chi connectivity index (χ3n) is 10.0. The van der Waals surface area contributed by atoms with Gasteiger partial charge in [-0.2, -0.15) is 0 Å². The first-order valence-electron chi connectivity index (χ1n) is 17.1. The molecular formula is C41H43N3O4. The van der Waals surface area contributed by atoms with Crippen molar-refractivity contribution in [3.8, 4) is 22.8 Å². The van der Waals surface area contributed by atoms with Gasteiger partial charge in [0.1, 0.15) is 17.1 Å². The van der Waals surface area contributed by atoms with Crippen LogP contribution in [0.5, 0.6) is 11.5 Å². The van der Waals surface area contributed by atoms with Crippen LogP contribution in [-0.4, -0.2) is 47.4 Å². The van der Waals surface area contributed by atoms with Crippen LogP contribution in [0, 0.1) is 0 Å². The van der Waals surface area contributed by atoms with E-state index in [1.165, 1.54) is 12.0 Å². The molecule has 0 unspecified atom stereocenters. The van der Waals surface area contributed by atoms with Gasteiger partial charge < -0.3 is 25.2 Å². The maximum Gasteiger partial charge on any atom is 0.252 e. The van der Waals surface area contributed by atoms with Gasteiger partial charge in [0.05, 0.1) is 36.0 Å². The Hall–Kier alpha value is -4.72. The zero-order valence-electron chi connectivity index (χ0n) is 27.6. The van der Waals surface area contributed by atoms with Gasteiger partial charge in [-0.15, -0.1) is 0 Å². The number of ether oxygens (including phenoxy) is 2. The summed E-state index contributed by atoms with van der Waals surface area (Å²) in [7, 11) is 1.63. The van der Waals surface area contributed by atoms with E-state index >= 15 is 0 Å². The molecule has 1 amide bonds. The first kappa shape index (κ1) is 31.9. The van der Waals surface area contributed by atoms with E-state index in [2.05, 4.69) is 35.8 Å². The summed E-state index contributed by atoms with van der Waals surface area (Å²) in [6.45, 7) is 2.48. The summed E-state index contributed by atoms with van der Waals surface area (Å²) in [5.74, 6) is 1.36. The number of para-hydroxylation sites is 2. The second kappa shape index (κ2) is 13.8. The lowest BCUT2D eigenvalue weighted by atomic mass is 9.72. The SMILES string of the molecule is CCc1ccc2c(c1)[C@@H](NC[C@H](O)[C@H](Cc1ccccc1)NC(=O)c1cc(-c3ccccc3OC)nc3ccccc13)CC1(CCC1)O2. The van der Waals surface area contributed by atoms with Gasteiger partial charge in [0.2, 0.25) is 0 Å². The number of aliphatic hydroxyl groups excluding tert-OH is 1. The van der Waals surface area contributed by atoms with Gasteiger partial charge >= 0.3 is 0 Å². The van der Waals surface area contributed by atoms with Crippen LogP contribution >= 0.6 is 0 Å². The second-order valence-corrected chi connectivity index (χ2v) is 13.1. The normalized spacial score (nSPS) is 17.5. The van der Waals surface area contributed by atoms with E-state index in [9.17, 15) is 9.90 Å². The molecule has 0 saturated heterocycles.